The van der Waals surface area contributed by atoms with Crippen molar-refractivity contribution in [3.05, 3.63) is 28.7 Å². The summed E-state index contributed by atoms with van der Waals surface area (Å²) in [5.41, 5.74) is 0. The van der Waals surface area contributed by atoms with Gasteiger partial charge in [0.25, 0.3) is 0 Å². The lowest BCUT2D eigenvalue weighted by atomic mass is 10.1. The van der Waals surface area contributed by atoms with Gasteiger partial charge in [0.2, 0.25) is 15.9 Å². The van der Waals surface area contributed by atoms with Gasteiger partial charge in [0.15, 0.2) is 0 Å². The van der Waals surface area contributed by atoms with Gasteiger partial charge < -0.3 is 15.3 Å². The fourth-order valence-corrected chi connectivity index (χ4v) is 5.74. The zero-order valence-electron chi connectivity index (χ0n) is 18.6. The summed E-state index contributed by atoms with van der Waals surface area (Å²) in [5, 5.41) is 10.4. The maximum atomic E-state index is 13.4. The third kappa shape index (κ3) is 8.51. The molecule has 1 amide bonds. The van der Waals surface area contributed by atoms with Gasteiger partial charge in [-0.25, -0.2) is 13.2 Å². The quantitative estimate of drug-likeness (QED) is 0.525. The number of amides is 1. The summed E-state index contributed by atoms with van der Waals surface area (Å²) in [6.45, 7) is 2.72. The minimum absolute atomic E-state index is 0.0664. The molecule has 2 aliphatic rings. The van der Waals surface area contributed by atoms with Gasteiger partial charge in [0.05, 0.1) is 11.4 Å². The third-order valence-electron chi connectivity index (χ3n) is 5.66. The van der Waals surface area contributed by atoms with Gasteiger partial charge in [-0.1, -0.05) is 41.6 Å². The Labute approximate surface area is 205 Å². The van der Waals surface area contributed by atoms with Crippen LogP contribution in [-0.4, -0.2) is 79.5 Å². The number of hydrogen-bond donors (Lipinski definition) is 2. The normalized spacial score (nSPS) is 18.1. The van der Waals surface area contributed by atoms with E-state index >= 15 is 0 Å². The number of aliphatic carboxylic acids is 1. The van der Waals surface area contributed by atoms with Crippen LogP contribution in [0.25, 0.3) is 0 Å². The predicted molar refractivity (Wildman–Crippen MR) is 123 cm³/mol. The Morgan fingerprint density at radius 1 is 1.06 bits per heavy atom. The van der Waals surface area contributed by atoms with Crippen LogP contribution in [0, 0.1) is 0 Å². The number of sulfonamides is 1. The highest BCUT2D eigenvalue weighted by atomic mass is 79.9. The number of nitrogens with zero attached hydrogens (tertiary/aromatic N) is 2. The molecule has 1 saturated carbocycles. The first-order valence-corrected chi connectivity index (χ1v) is 13.2. The summed E-state index contributed by atoms with van der Waals surface area (Å²) in [5.74, 6) is -2.85. The summed E-state index contributed by atoms with van der Waals surface area (Å²) in [4.78, 5) is 23.8. The zero-order valence-corrected chi connectivity index (χ0v) is 21.0. The Kier molecular flexibility index (Phi) is 10.8. The molecular formula is C21H29BrF3N3O5S. The SMILES string of the molecule is O=C(CN(C1CCCCCC1)S(=O)(=O)c1ccc(Br)cc1)N1CCNCC1.O=C(O)C(F)(F)F. The number of rotatable bonds is 5. The monoisotopic (exact) mass is 571 g/mol. The molecule has 8 nitrogen and oxygen atoms in total. The summed E-state index contributed by atoms with van der Waals surface area (Å²) in [6, 6.07) is 6.58. The molecule has 192 valence electrons. The molecule has 1 saturated heterocycles. The van der Waals surface area contributed by atoms with E-state index in [0.29, 0.717) is 13.1 Å². The summed E-state index contributed by atoms with van der Waals surface area (Å²) in [6.07, 6.45) is 0.857. The molecular weight excluding hydrogens is 543 g/mol. The number of halogens is 4. The maximum absolute atomic E-state index is 13.4. The van der Waals surface area contributed by atoms with Crippen molar-refractivity contribution in [2.24, 2.45) is 0 Å². The largest absolute Gasteiger partial charge is 0.490 e. The van der Waals surface area contributed by atoms with Gasteiger partial charge in [-0.05, 0) is 37.1 Å². The van der Waals surface area contributed by atoms with E-state index in [1.807, 2.05) is 0 Å². The molecule has 0 bridgehead atoms. The Balaban J connectivity index is 0.000000509. The van der Waals surface area contributed by atoms with Gasteiger partial charge in [0.1, 0.15) is 0 Å². The number of benzene rings is 1. The van der Waals surface area contributed by atoms with E-state index in [1.54, 1.807) is 29.2 Å². The van der Waals surface area contributed by atoms with Crippen LogP contribution in [0.5, 0.6) is 0 Å². The van der Waals surface area contributed by atoms with Crippen molar-refractivity contribution in [1.29, 1.82) is 0 Å². The molecule has 2 fully saturated rings. The Bertz CT molecular complexity index is 915. The van der Waals surface area contributed by atoms with Crippen molar-refractivity contribution in [2.75, 3.05) is 32.7 Å². The lowest BCUT2D eigenvalue weighted by molar-refractivity contribution is -0.192. The number of hydrogen-bond acceptors (Lipinski definition) is 5. The second-order valence-corrected chi connectivity index (χ2v) is 10.9. The lowest BCUT2D eigenvalue weighted by Crippen LogP contribution is -2.52. The molecule has 0 radical (unpaired) electrons. The molecule has 34 heavy (non-hydrogen) atoms. The molecule has 0 aromatic heterocycles. The minimum Gasteiger partial charge on any atom is -0.475 e. The van der Waals surface area contributed by atoms with E-state index in [-0.39, 0.29) is 23.4 Å². The van der Waals surface area contributed by atoms with Gasteiger partial charge >= 0.3 is 12.1 Å². The first kappa shape index (κ1) is 28.5. The van der Waals surface area contributed by atoms with Crippen LogP contribution >= 0.6 is 15.9 Å². The summed E-state index contributed by atoms with van der Waals surface area (Å²) in [7, 11) is -3.72. The van der Waals surface area contributed by atoms with E-state index in [9.17, 15) is 26.4 Å². The highest BCUT2D eigenvalue weighted by molar-refractivity contribution is 9.10. The molecule has 2 N–H and O–H groups in total. The number of piperazine rings is 1. The second-order valence-electron chi connectivity index (χ2n) is 8.08. The molecule has 1 aliphatic heterocycles. The van der Waals surface area contributed by atoms with Gasteiger partial charge in [-0.2, -0.15) is 17.5 Å². The molecule has 0 atom stereocenters. The first-order valence-electron chi connectivity index (χ1n) is 11.0. The van der Waals surface area contributed by atoms with E-state index in [1.165, 1.54) is 4.31 Å². The number of carboxylic acids is 1. The topological polar surface area (TPSA) is 107 Å². The number of carbonyl (C=O) groups is 2. The van der Waals surface area contributed by atoms with E-state index < -0.39 is 22.2 Å². The molecule has 0 unspecified atom stereocenters. The molecule has 1 aromatic rings. The molecule has 1 aromatic carbocycles. The average molecular weight is 572 g/mol. The van der Waals surface area contributed by atoms with Crippen LogP contribution in [0.15, 0.2) is 33.6 Å². The minimum atomic E-state index is -5.08. The van der Waals surface area contributed by atoms with Crippen molar-refractivity contribution in [3.8, 4) is 0 Å². The van der Waals surface area contributed by atoms with Crippen molar-refractivity contribution in [2.45, 2.75) is 55.6 Å². The van der Waals surface area contributed by atoms with Crippen molar-refractivity contribution >= 4 is 37.8 Å². The molecule has 3 rings (SSSR count). The molecule has 0 spiro atoms. The fourth-order valence-electron chi connectivity index (χ4n) is 3.85. The predicted octanol–water partition coefficient (Wildman–Crippen LogP) is 3.23. The Hall–Kier alpha value is -1.70. The van der Waals surface area contributed by atoms with Crippen LogP contribution < -0.4 is 5.32 Å². The van der Waals surface area contributed by atoms with Gasteiger partial charge in [0, 0.05) is 36.7 Å². The summed E-state index contributed by atoms with van der Waals surface area (Å²) < 4.78 is 60.8. The third-order valence-corrected chi connectivity index (χ3v) is 8.10. The highest BCUT2D eigenvalue weighted by Crippen LogP contribution is 2.28. The van der Waals surface area contributed by atoms with E-state index in [2.05, 4.69) is 21.2 Å². The van der Waals surface area contributed by atoms with Crippen molar-refractivity contribution < 1.29 is 36.3 Å². The smallest absolute Gasteiger partial charge is 0.475 e. The molecule has 1 aliphatic carbocycles. The van der Waals surface area contributed by atoms with Gasteiger partial charge in [-0.3, -0.25) is 4.79 Å². The van der Waals surface area contributed by atoms with E-state index in [4.69, 9.17) is 9.90 Å². The number of alkyl halides is 3. The highest BCUT2D eigenvalue weighted by Gasteiger charge is 2.38. The average Bonchev–Trinajstić information content (AvgIpc) is 3.07. The van der Waals surface area contributed by atoms with Crippen molar-refractivity contribution in [1.82, 2.24) is 14.5 Å². The second kappa shape index (κ2) is 12.8. The lowest BCUT2D eigenvalue weighted by Gasteiger charge is -2.33. The standard InChI is InChI=1S/C19H28BrN3O3S.C2HF3O2/c20-16-7-9-18(10-8-16)27(25,26)23(17-5-3-1-2-4-6-17)15-19(24)22-13-11-21-12-14-22;3-2(4,5)1(6)7/h7-10,17,21H,1-6,11-15H2;(H,6,7). The van der Waals surface area contributed by atoms with Crippen LogP contribution in [0.1, 0.15) is 38.5 Å². The number of carboxylic acid groups (broad SMARTS) is 1. The van der Waals surface area contributed by atoms with Crippen LogP contribution in [-0.2, 0) is 19.6 Å². The number of carbonyl (C=O) groups excluding carboxylic acids is 1. The first-order chi connectivity index (χ1) is 15.9. The molecule has 1 heterocycles. The fraction of sp³-hybridized carbons (Fsp3) is 0.619. The number of nitrogens with one attached hydrogen (secondary N) is 1. The van der Waals surface area contributed by atoms with Crippen LogP contribution in [0.4, 0.5) is 13.2 Å². The maximum Gasteiger partial charge on any atom is 0.490 e. The molecule has 13 heteroatoms. The van der Waals surface area contributed by atoms with E-state index in [0.717, 1.165) is 56.1 Å². The van der Waals surface area contributed by atoms with Crippen LogP contribution in [0.3, 0.4) is 0 Å². The van der Waals surface area contributed by atoms with Crippen molar-refractivity contribution in [3.63, 3.8) is 0 Å². The Morgan fingerprint density at radius 2 is 1.56 bits per heavy atom. The van der Waals surface area contributed by atoms with Gasteiger partial charge in [-0.15, -0.1) is 0 Å². The summed E-state index contributed by atoms with van der Waals surface area (Å²) >= 11 is 3.35. The van der Waals surface area contributed by atoms with Crippen LogP contribution in [0.2, 0.25) is 0 Å². The Morgan fingerprint density at radius 3 is 2.03 bits per heavy atom. The zero-order chi connectivity index (χ0) is 25.4.